The Balaban J connectivity index is 1.43. The minimum atomic E-state index is -0.373. The summed E-state index contributed by atoms with van der Waals surface area (Å²) in [5.74, 6) is -0.373. The Morgan fingerprint density at radius 3 is 2.68 bits per heavy atom. The molecular formula is C21H24FN5O. The Bertz CT molecular complexity index is 1060. The number of nitrogens with one attached hydrogen (secondary N) is 1. The third-order valence-electron chi connectivity index (χ3n) is 5.33. The van der Waals surface area contributed by atoms with E-state index in [1.54, 1.807) is 6.07 Å². The Morgan fingerprint density at radius 1 is 1.18 bits per heavy atom. The molecule has 4 rings (SSSR count). The van der Waals surface area contributed by atoms with Gasteiger partial charge in [-0.1, -0.05) is 6.92 Å². The van der Waals surface area contributed by atoms with Crippen LogP contribution in [0.15, 0.2) is 41.3 Å². The van der Waals surface area contributed by atoms with E-state index in [1.165, 1.54) is 6.07 Å². The van der Waals surface area contributed by atoms with Crippen LogP contribution in [0.2, 0.25) is 0 Å². The molecule has 1 aliphatic heterocycles. The summed E-state index contributed by atoms with van der Waals surface area (Å²) in [5, 5.41) is 0. The number of H-pyrrole nitrogens is 1. The minimum Gasteiger partial charge on any atom is -0.396 e. The lowest BCUT2D eigenvalue weighted by molar-refractivity contribution is 0.249. The van der Waals surface area contributed by atoms with E-state index in [9.17, 15) is 9.18 Å². The maximum atomic E-state index is 13.7. The zero-order chi connectivity index (χ0) is 19.7. The topological polar surface area (TPSA) is 78.2 Å². The summed E-state index contributed by atoms with van der Waals surface area (Å²) < 4.78 is 13.7. The third-order valence-corrected chi connectivity index (χ3v) is 5.33. The first-order chi connectivity index (χ1) is 13.5. The van der Waals surface area contributed by atoms with Gasteiger partial charge in [0.15, 0.2) is 0 Å². The van der Waals surface area contributed by atoms with Crippen LogP contribution < -0.4 is 16.2 Å². The summed E-state index contributed by atoms with van der Waals surface area (Å²) in [6, 6.07) is 8.84. The van der Waals surface area contributed by atoms with Gasteiger partial charge in [0, 0.05) is 50.2 Å². The second-order valence-electron chi connectivity index (χ2n) is 7.22. The predicted molar refractivity (Wildman–Crippen MR) is 110 cm³/mol. The van der Waals surface area contributed by atoms with Gasteiger partial charge in [-0.2, -0.15) is 0 Å². The number of aromatic amines is 1. The van der Waals surface area contributed by atoms with E-state index >= 15 is 0 Å². The highest BCUT2D eigenvalue weighted by Gasteiger charge is 2.18. The number of fused-ring (bicyclic) bond motifs is 1. The first kappa shape index (κ1) is 18.4. The molecule has 2 aromatic heterocycles. The van der Waals surface area contributed by atoms with Gasteiger partial charge in [-0.15, -0.1) is 0 Å². The number of pyridine rings is 2. The van der Waals surface area contributed by atoms with Crippen molar-refractivity contribution in [3.05, 3.63) is 63.8 Å². The maximum Gasteiger partial charge on any atom is 0.251 e. The van der Waals surface area contributed by atoms with Gasteiger partial charge >= 0.3 is 0 Å². The van der Waals surface area contributed by atoms with E-state index < -0.39 is 0 Å². The van der Waals surface area contributed by atoms with Crippen molar-refractivity contribution in [3.8, 4) is 0 Å². The van der Waals surface area contributed by atoms with Crippen LogP contribution in [0.3, 0.4) is 0 Å². The van der Waals surface area contributed by atoms with Crippen LogP contribution in [0.1, 0.15) is 18.1 Å². The van der Waals surface area contributed by atoms with Gasteiger partial charge in [-0.3, -0.25) is 14.7 Å². The number of halogens is 1. The third kappa shape index (κ3) is 3.71. The van der Waals surface area contributed by atoms with E-state index in [4.69, 9.17) is 5.73 Å². The molecule has 7 heteroatoms. The molecule has 0 spiro atoms. The van der Waals surface area contributed by atoms with Gasteiger partial charge in [-0.25, -0.2) is 4.39 Å². The van der Waals surface area contributed by atoms with Crippen LogP contribution >= 0.6 is 0 Å². The number of aromatic nitrogens is 2. The van der Waals surface area contributed by atoms with Crippen molar-refractivity contribution in [2.45, 2.75) is 19.9 Å². The molecule has 0 unspecified atom stereocenters. The minimum absolute atomic E-state index is 0.0432. The highest BCUT2D eigenvalue weighted by atomic mass is 19.1. The first-order valence-electron chi connectivity index (χ1n) is 9.56. The molecule has 3 heterocycles. The number of nitrogens with zero attached hydrogens (tertiary/aromatic N) is 3. The molecule has 1 saturated heterocycles. The summed E-state index contributed by atoms with van der Waals surface area (Å²) in [7, 11) is 0. The monoisotopic (exact) mass is 381 g/mol. The quantitative estimate of drug-likeness (QED) is 0.679. The first-order valence-corrected chi connectivity index (χ1v) is 9.56. The number of nitrogen functional groups attached to an aromatic ring is 1. The fourth-order valence-electron chi connectivity index (χ4n) is 3.65. The Labute approximate surface area is 162 Å². The number of hydrogen-bond acceptors (Lipinski definition) is 5. The molecule has 1 fully saturated rings. The number of hydrogen-bond donors (Lipinski definition) is 2. The van der Waals surface area contributed by atoms with Crippen molar-refractivity contribution in [2.24, 2.45) is 0 Å². The number of benzene rings is 1. The van der Waals surface area contributed by atoms with E-state index in [0.717, 1.165) is 60.6 Å². The van der Waals surface area contributed by atoms with Crippen LogP contribution in [-0.4, -0.2) is 41.0 Å². The SMILES string of the molecule is CCc1cc2ncc(CN3CCN(c4ccc(N)c(F)c4)CC3)cc2[nH]c1=O. The van der Waals surface area contributed by atoms with Gasteiger partial charge in [0.1, 0.15) is 5.82 Å². The average Bonchev–Trinajstić information content (AvgIpc) is 2.70. The molecule has 3 aromatic rings. The summed E-state index contributed by atoms with van der Waals surface area (Å²) in [6.45, 7) is 6.11. The lowest BCUT2D eigenvalue weighted by atomic mass is 10.1. The van der Waals surface area contributed by atoms with E-state index in [2.05, 4.69) is 19.8 Å². The van der Waals surface area contributed by atoms with Crippen molar-refractivity contribution < 1.29 is 4.39 Å². The van der Waals surface area contributed by atoms with Gasteiger partial charge < -0.3 is 15.6 Å². The zero-order valence-electron chi connectivity index (χ0n) is 15.9. The van der Waals surface area contributed by atoms with Crippen LogP contribution in [0, 0.1) is 5.82 Å². The number of rotatable bonds is 4. The standard InChI is InChI=1S/C21H24FN5O/c1-2-15-10-19-20(25-21(15)28)9-14(12-24-19)13-26-5-7-27(8-6-26)16-3-4-18(23)17(22)11-16/h3-4,9-12H,2,5-8,13,23H2,1H3,(H,25,28). The lowest BCUT2D eigenvalue weighted by Crippen LogP contribution is -2.46. The maximum absolute atomic E-state index is 13.7. The molecule has 0 amide bonds. The molecule has 0 saturated carbocycles. The van der Waals surface area contributed by atoms with Crippen LogP contribution in [-0.2, 0) is 13.0 Å². The van der Waals surface area contributed by atoms with Crippen molar-refractivity contribution in [1.29, 1.82) is 0 Å². The van der Waals surface area contributed by atoms with Crippen LogP contribution in [0.4, 0.5) is 15.8 Å². The van der Waals surface area contributed by atoms with Gasteiger partial charge in [0.25, 0.3) is 5.56 Å². The molecule has 1 aliphatic rings. The molecule has 0 bridgehead atoms. The molecule has 0 atom stereocenters. The number of anilines is 2. The van der Waals surface area contributed by atoms with E-state index in [-0.39, 0.29) is 17.1 Å². The second-order valence-corrected chi connectivity index (χ2v) is 7.22. The highest BCUT2D eigenvalue weighted by molar-refractivity contribution is 5.74. The summed E-state index contributed by atoms with van der Waals surface area (Å²) in [5.41, 5.74) is 9.97. The van der Waals surface area contributed by atoms with E-state index in [0.29, 0.717) is 6.42 Å². The molecule has 146 valence electrons. The fraction of sp³-hybridized carbons (Fsp3) is 0.333. The van der Waals surface area contributed by atoms with Crippen LogP contribution in [0.25, 0.3) is 11.0 Å². The lowest BCUT2D eigenvalue weighted by Gasteiger charge is -2.36. The van der Waals surface area contributed by atoms with E-state index in [1.807, 2.05) is 31.3 Å². The second kappa shape index (κ2) is 7.59. The van der Waals surface area contributed by atoms with Crippen molar-refractivity contribution >= 4 is 22.4 Å². The van der Waals surface area contributed by atoms with Crippen molar-refractivity contribution in [2.75, 3.05) is 36.8 Å². The molecule has 6 nitrogen and oxygen atoms in total. The van der Waals surface area contributed by atoms with Gasteiger partial charge in [0.2, 0.25) is 0 Å². The Hall–Kier alpha value is -2.93. The number of piperazine rings is 1. The summed E-state index contributed by atoms with van der Waals surface area (Å²) in [6.07, 6.45) is 2.57. The molecule has 3 N–H and O–H groups in total. The average molecular weight is 381 g/mol. The molecule has 0 radical (unpaired) electrons. The normalized spacial score (nSPS) is 15.3. The predicted octanol–water partition coefficient (Wildman–Crippen LogP) is 2.53. The zero-order valence-corrected chi connectivity index (χ0v) is 15.9. The smallest absolute Gasteiger partial charge is 0.251 e. The van der Waals surface area contributed by atoms with Gasteiger partial charge in [0.05, 0.1) is 16.7 Å². The number of nitrogens with two attached hydrogens (primary N) is 1. The summed E-state index contributed by atoms with van der Waals surface area (Å²) in [4.78, 5) is 24.0. The Morgan fingerprint density at radius 2 is 1.96 bits per heavy atom. The molecule has 28 heavy (non-hydrogen) atoms. The van der Waals surface area contributed by atoms with Crippen LogP contribution in [0.5, 0.6) is 0 Å². The molecular weight excluding hydrogens is 357 g/mol. The Kier molecular flexibility index (Phi) is 5.00. The van der Waals surface area contributed by atoms with Gasteiger partial charge in [-0.05, 0) is 42.3 Å². The van der Waals surface area contributed by atoms with Crippen molar-refractivity contribution in [3.63, 3.8) is 0 Å². The number of aryl methyl sites for hydroxylation is 1. The fourth-order valence-corrected chi connectivity index (χ4v) is 3.65. The summed E-state index contributed by atoms with van der Waals surface area (Å²) >= 11 is 0. The molecule has 0 aliphatic carbocycles. The molecule has 1 aromatic carbocycles. The largest absolute Gasteiger partial charge is 0.396 e. The van der Waals surface area contributed by atoms with Crippen molar-refractivity contribution in [1.82, 2.24) is 14.9 Å². The highest BCUT2D eigenvalue weighted by Crippen LogP contribution is 2.22.